The zero-order chi connectivity index (χ0) is 14.1. The van der Waals surface area contributed by atoms with E-state index in [4.69, 9.17) is 9.47 Å². The first-order chi connectivity index (χ1) is 9.19. The third-order valence-corrected chi connectivity index (χ3v) is 3.13. The molecule has 4 nitrogen and oxygen atoms in total. The van der Waals surface area contributed by atoms with Crippen molar-refractivity contribution in [2.75, 3.05) is 26.9 Å². The smallest absolute Gasteiger partial charge is 0.251 e. The van der Waals surface area contributed by atoms with Crippen molar-refractivity contribution in [3.05, 3.63) is 28.2 Å². The standard InChI is InChI=1S/C14H20BrNO3/c1-3-8-19-9-4-7-16-14(17)11-5-6-13(18-2)12(15)10-11/h5-6,10H,3-4,7-9H2,1-2H3,(H,16,17). The number of hydrogen-bond donors (Lipinski definition) is 1. The Hall–Kier alpha value is -1.07. The molecule has 0 fully saturated rings. The fourth-order valence-corrected chi connectivity index (χ4v) is 2.07. The second-order valence-corrected chi connectivity index (χ2v) is 4.93. The van der Waals surface area contributed by atoms with Gasteiger partial charge in [-0.3, -0.25) is 4.79 Å². The number of halogens is 1. The zero-order valence-electron chi connectivity index (χ0n) is 11.4. The predicted octanol–water partition coefficient (Wildman–Crippen LogP) is 3.00. The summed E-state index contributed by atoms with van der Waals surface area (Å²) in [5, 5.41) is 2.86. The molecule has 1 amide bonds. The molecular formula is C14H20BrNO3. The normalized spacial score (nSPS) is 10.3. The van der Waals surface area contributed by atoms with Gasteiger partial charge in [-0.2, -0.15) is 0 Å². The van der Waals surface area contributed by atoms with Gasteiger partial charge in [0.05, 0.1) is 11.6 Å². The fourth-order valence-electron chi connectivity index (χ4n) is 1.53. The molecule has 0 saturated heterocycles. The van der Waals surface area contributed by atoms with Gasteiger partial charge in [-0.1, -0.05) is 6.92 Å². The maximum atomic E-state index is 11.9. The lowest BCUT2D eigenvalue weighted by molar-refractivity contribution is 0.0941. The van der Waals surface area contributed by atoms with Crippen LogP contribution in [-0.4, -0.2) is 32.8 Å². The van der Waals surface area contributed by atoms with Crippen LogP contribution in [0, 0.1) is 0 Å². The number of methoxy groups -OCH3 is 1. The molecule has 0 spiro atoms. The summed E-state index contributed by atoms with van der Waals surface area (Å²) < 4.78 is 11.2. The number of amides is 1. The highest BCUT2D eigenvalue weighted by Crippen LogP contribution is 2.25. The zero-order valence-corrected chi connectivity index (χ0v) is 13.0. The Bertz CT molecular complexity index is 410. The summed E-state index contributed by atoms with van der Waals surface area (Å²) in [5.41, 5.74) is 0.613. The Labute approximate surface area is 122 Å². The van der Waals surface area contributed by atoms with Crippen LogP contribution >= 0.6 is 15.9 Å². The van der Waals surface area contributed by atoms with Crippen LogP contribution in [0.5, 0.6) is 5.75 Å². The van der Waals surface area contributed by atoms with Gasteiger partial charge in [-0.05, 0) is 47.0 Å². The van der Waals surface area contributed by atoms with Crippen molar-refractivity contribution in [2.45, 2.75) is 19.8 Å². The average Bonchev–Trinajstić information content (AvgIpc) is 2.42. The van der Waals surface area contributed by atoms with Crippen molar-refractivity contribution in [1.82, 2.24) is 5.32 Å². The van der Waals surface area contributed by atoms with Gasteiger partial charge in [0.2, 0.25) is 0 Å². The first kappa shape index (κ1) is 16.0. The molecule has 0 saturated carbocycles. The molecule has 0 unspecified atom stereocenters. The highest BCUT2D eigenvalue weighted by molar-refractivity contribution is 9.10. The summed E-state index contributed by atoms with van der Waals surface area (Å²) in [6, 6.07) is 5.26. The van der Waals surface area contributed by atoms with Gasteiger partial charge >= 0.3 is 0 Å². The number of ether oxygens (including phenoxy) is 2. The van der Waals surface area contributed by atoms with Gasteiger partial charge in [0.15, 0.2) is 0 Å². The third kappa shape index (κ3) is 5.61. The maximum Gasteiger partial charge on any atom is 0.251 e. The van der Waals surface area contributed by atoms with Crippen molar-refractivity contribution < 1.29 is 14.3 Å². The Morgan fingerprint density at radius 2 is 2.16 bits per heavy atom. The third-order valence-electron chi connectivity index (χ3n) is 2.51. The van der Waals surface area contributed by atoms with Gasteiger partial charge in [-0.25, -0.2) is 0 Å². The molecule has 0 aromatic heterocycles. The Morgan fingerprint density at radius 3 is 2.79 bits per heavy atom. The first-order valence-electron chi connectivity index (χ1n) is 6.38. The highest BCUT2D eigenvalue weighted by Gasteiger charge is 2.08. The van der Waals surface area contributed by atoms with Gasteiger partial charge in [-0.15, -0.1) is 0 Å². The van der Waals surface area contributed by atoms with E-state index in [2.05, 4.69) is 28.2 Å². The molecule has 0 radical (unpaired) electrons. The Kier molecular flexibility index (Phi) is 7.52. The Balaban J connectivity index is 2.35. The average molecular weight is 330 g/mol. The number of carbonyl (C=O) groups is 1. The SMILES string of the molecule is CCCOCCCNC(=O)c1ccc(OC)c(Br)c1. The quantitative estimate of drug-likeness (QED) is 0.746. The van der Waals surface area contributed by atoms with Crippen LogP contribution in [0.15, 0.2) is 22.7 Å². The fraction of sp³-hybridized carbons (Fsp3) is 0.500. The van der Waals surface area contributed by atoms with E-state index in [1.807, 2.05) is 0 Å². The summed E-state index contributed by atoms with van der Waals surface area (Å²) in [4.78, 5) is 11.9. The second-order valence-electron chi connectivity index (χ2n) is 4.07. The number of rotatable bonds is 8. The van der Waals surface area contributed by atoms with Crippen molar-refractivity contribution in [3.8, 4) is 5.75 Å². The summed E-state index contributed by atoms with van der Waals surface area (Å²) >= 11 is 3.36. The van der Waals surface area contributed by atoms with Gasteiger partial charge in [0, 0.05) is 25.3 Å². The molecule has 1 rings (SSSR count). The molecule has 0 aliphatic heterocycles. The molecule has 1 aromatic rings. The van der Waals surface area contributed by atoms with E-state index < -0.39 is 0 Å². The predicted molar refractivity (Wildman–Crippen MR) is 78.8 cm³/mol. The molecule has 0 atom stereocenters. The van der Waals surface area contributed by atoms with Crippen LogP contribution in [0.2, 0.25) is 0 Å². The van der Waals surface area contributed by atoms with E-state index in [1.54, 1.807) is 25.3 Å². The van der Waals surface area contributed by atoms with E-state index in [0.717, 1.165) is 23.9 Å². The van der Waals surface area contributed by atoms with Gasteiger partial charge < -0.3 is 14.8 Å². The summed E-state index contributed by atoms with van der Waals surface area (Å²) in [5.74, 6) is 0.628. The minimum atomic E-state index is -0.0844. The van der Waals surface area contributed by atoms with E-state index in [0.29, 0.717) is 24.5 Å². The van der Waals surface area contributed by atoms with Crippen LogP contribution in [0.4, 0.5) is 0 Å². The molecule has 0 aliphatic rings. The summed E-state index contributed by atoms with van der Waals surface area (Å²) in [6.45, 7) is 4.15. The van der Waals surface area contributed by atoms with E-state index >= 15 is 0 Å². The minimum Gasteiger partial charge on any atom is -0.496 e. The lowest BCUT2D eigenvalue weighted by atomic mass is 10.2. The number of benzene rings is 1. The van der Waals surface area contributed by atoms with Crippen molar-refractivity contribution in [2.24, 2.45) is 0 Å². The molecule has 0 aliphatic carbocycles. The van der Waals surface area contributed by atoms with Crippen LogP contribution in [0.1, 0.15) is 30.1 Å². The van der Waals surface area contributed by atoms with Crippen LogP contribution in [-0.2, 0) is 4.74 Å². The summed E-state index contributed by atoms with van der Waals surface area (Å²) in [7, 11) is 1.59. The van der Waals surface area contributed by atoms with Gasteiger partial charge in [0.25, 0.3) is 5.91 Å². The minimum absolute atomic E-state index is 0.0844. The molecule has 1 N–H and O–H groups in total. The number of hydrogen-bond acceptors (Lipinski definition) is 3. The van der Waals surface area contributed by atoms with Crippen LogP contribution in [0.3, 0.4) is 0 Å². The second kappa shape index (κ2) is 8.93. The molecule has 0 heterocycles. The highest BCUT2D eigenvalue weighted by atomic mass is 79.9. The molecule has 1 aromatic carbocycles. The Morgan fingerprint density at radius 1 is 1.37 bits per heavy atom. The molecular weight excluding hydrogens is 310 g/mol. The number of nitrogens with one attached hydrogen (secondary N) is 1. The van der Waals surface area contributed by atoms with Crippen LogP contribution < -0.4 is 10.1 Å². The lowest BCUT2D eigenvalue weighted by Gasteiger charge is -2.08. The molecule has 5 heteroatoms. The summed E-state index contributed by atoms with van der Waals surface area (Å²) in [6.07, 6.45) is 1.84. The van der Waals surface area contributed by atoms with E-state index in [9.17, 15) is 4.79 Å². The van der Waals surface area contributed by atoms with E-state index in [-0.39, 0.29) is 5.91 Å². The molecule has 106 valence electrons. The van der Waals surface area contributed by atoms with Crippen molar-refractivity contribution in [3.63, 3.8) is 0 Å². The lowest BCUT2D eigenvalue weighted by Crippen LogP contribution is -2.25. The largest absolute Gasteiger partial charge is 0.496 e. The maximum absolute atomic E-state index is 11.9. The number of carbonyl (C=O) groups excluding carboxylic acids is 1. The molecule has 19 heavy (non-hydrogen) atoms. The van der Waals surface area contributed by atoms with Crippen molar-refractivity contribution in [1.29, 1.82) is 0 Å². The first-order valence-corrected chi connectivity index (χ1v) is 7.17. The van der Waals surface area contributed by atoms with Crippen molar-refractivity contribution >= 4 is 21.8 Å². The van der Waals surface area contributed by atoms with Gasteiger partial charge in [0.1, 0.15) is 5.75 Å². The van der Waals surface area contributed by atoms with E-state index in [1.165, 1.54) is 0 Å². The topological polar surface area (TPSA) is 47.6 Å². The molecule has 0 bridgehead atoms. The van der Waals surface area contributed by atoms with Crippen LogP contribution in [0.25, 0.3) is 0 Å². The monoisotopic (exact) mass is 329 g/mol.